The van der Waals surface area contributed by atoms with E-state index in [1.807, 2.05) is 31.2 Å². The highest BCUT2D eigenvalue weighted by Crippen LogP contribution is 2.42. The van der Waals surface area contributed by atoms with E-state index >= 15 is 0 Å². The standard InChI is InChI=1S/C28H31N3O4S/c1-18-9-11-19(12-10-18)36(32,33)30-25-8-6-5-7-20(25)28-22-16-27(35-4)26(34-3)15-21(22)23-17-31(2)14-13-24(23)29-28/h5-12,15-16,23-24,30H,13-14,17H2,1-4H3. The Hall–Kier alpha value is -3.36. The lowest BCUT2D eigenvalue weighted by molar-refractivity contribution is 0.227. The van der Waals surface area contributed by atoms with E-state index in [1.54, 1.807) is 44.6 Å². The second kappa shape index (κ2) is 9.59. The fourth-order valence-corrected chi connectivity index (χ4v) is 6.20. The summed E-state index contributed by atoms with van der Waals surface area (Å²) in [7, 11) is 1.61. The van der Waals surface area contributed by atoms with Gasteiger partial charge >= 0.3 is 0 Å². The molecule has 3 aromatic carbocycles. The highest BCUT2D eigenvalue weighted by molar-refractivity contribution is 7.92. The van der Waals surface area contributed by atoms with Crippen molar-refractivity contribution in [1.29, 1.82) is 0 Å². The Bertz CT molecular complexity index is 1420. The Morgan fingerprint density at radius 2 is 1.67 bits per heavy atom. The van der Waals surface area contributed by atoms with E-state index in [-0.39, 0.29) is 16.9 Å². The zero-order chi connectivity index (χ0) is 25.4. The van der Waals surface area contributed by atoms with Crippen LogP contribution in [0.2, 0.25) is 0 Å². The molecule has 0 aromatic heterocycles. The first-order chi connectivity index (χ1) is 17.3. The molecule has 0 saturated carbocycles. The van der Waals surface area contributed by atoms with E-state index < -0.39 is 10.0 Å². The molecule has 188 valence electrons. The zero-order valence-electron chi connectivity index (χ0n) is 21.0. The van der Waals surface area contributed by atoms with Crippen LogP contribution in [0.15, 0.2) is 70.6 Å². The summed E-state index contributed by atoms with van der Waals surface area (Å²) < 4.78 is 40.6. The van der Waals surface area contributed by atoms with Crippen LogP contribution in [-0.4, -0.2) is 59.4 Å². The molecule has 2 aliphatic heterocycles. The number of para-hydroxylation sites is 1. The van der Waals surface area contributed by atoms with E-state index in [0.29, 0.717) is 17.2 Å². The first kappa shape index (κ1) is 24.3. The van der Waals surface area contributed by atoms with Gasteiger partial charge in [-0.1, -0.05) is 35.9 Å². The van der Waals surface area contributed by atoms with Gasteiger partial charge in [-0.05, 0) is 62.8 Å². The number of likely N-dealkylation sites (tertiary alicyclic amines) is 1. The van der Waals surface area contributed by atoms with Gasteiger partial charge in [-0.25, -0.2) is 8.42 Å². The van der Waals surface area contributed by atoms with Gasteiger partial charge in [-0.2, -0.15) is 0 Å². The van der Waals surface area contributed by atoms with E-state index in [4.69, 9.17) is 14.5 Å². The van der Waals surface area contributed by atoms with Crippen molar-refractivity contribution < 1.29 is 17.9 Å². The zero-order valence-corrected chi connectivity index (χ0v) is 21.8. The maximum Gasteiger partial charge on any atom is 0.261 e. The van der Waals surface area contributed by atoms with Gasteiger partial charge < -0.3 is 14.4 Å². The van der Waals surface area contributed by atoms with Crippen molar-refractivity contribution in [2.24, 2.45) is 4.99 Å². The van der Waals surface area contributed by atoms with Gasteiger partial charge in [-0.15, -0.1) is 0 Å². The summed E-state index contributed by atoms with van der Waals surface area (Å²) in [6.45, 7) is 3.78. The fourth-order valence-electron chi connectivity index (χ4n) is 5.12. The molecule has 1 saturated heterocycles. The number of sulfonamides is 1. The van der Waals surface area contributed by atoms with E-state index in [0.717, 1.165) is 47.5 Å². The topological polar surface area (TPSA) is 80.2 Å². The molecule has 0 spiro atoms. The minimum Gasteiger partial charge on any atom is -0.493 e. The van der Waals surface area contributed by atoms with Crippen molar-refractivity contribution in [3.05, 3.63) is 82.9 Å². The number of aryl methyl sites for hydroxylation is 1. The van der Waals surface area contributed by atoms with Gasteiger partial charge in [0.05, 0.1) is 36.6 Å². The van der Waals surface area contributed by atoms with Gasteiger partial charge in [0, 0.05) is 23.6 Å². The third kappa shape index (κ3) is 4.47. The second-order valence-electron chi connectivity index (χ2n) is 9.46. The number of hydrogen-bond donors (Lipinski definition) is 1. The number of ether oxygens (including phenoxy) is 2. The number of benzene rings is 3. The molecular weight excluding hydrogens is 474 g/mol. The summed E-state index contributed by atoms with van der Waals surface area (Å²) in [6.07, 6.45) is 0.926. The summed E-state index contributed by atoms with van der Waals surface area (Å²) in [5.74, 6) is 1.51. The van der Waals surface area contributed by atoms with E-state index in [2.05, 4.69) is 22.7 Å². The van der Waals surface area contributed by atoms with Gasteiger partial charge in [-0.3, -0.25) is 9.71 Å². The molecule has 36 heavy (non-hydrogen) atoms. The van der Waals surface area contributed by atoms with Gasteiger partial charge in [0.15, 0.2) is 11.5 Å². The number of fused-ring (bicyclic) bond motifs is 3. The Morgan fingerprint density at radius 3 is 2.39 bits per heavy atom. The molecule has 2 aliphatic rings. The average molecular weight is 506 g/mol. The van der Waals surface area contributed by atoms with Crippen LogP contribution in [0.1, 0.15) is 34.6 Å². The van der Waals surface area contributed by atoms with Gasteiger partial charge in [0.25, 0.3) is 10.0 Å². The normalized spacial score (nSPS) is 19.6. The third-order valence-electron chi connectivity index (χ3n) is 7.04. The number of rotatable bonds is 6. The molecule has 2 unspecified atom stereocenters. The van der Waals surface area contributed by atoms with E-state index in [1.165, 1.54) is 0 Å². The number of likely N-dealkylation sites (N-methyl/N-ethyl adjacent to an activating group) is 1. The van der Waals surface area contributed by atoms with Crippen molar-refractivity contribution in [2.45, 2.75) is 30.2 Å². The summed E-state index contributed by atoms with van der Waals surface area (Å²) in [5, 5.41) is 0. The van der Waals surface area contributed by atoms with Crippen LogP contribution < -0.4 is 14.2 Å². The predicted octanol–water partition coefficient (Wildman–Crippen LogP) is 4.45. The average Bonchev–Trinajstić information content (AvgIpc) is 2.88. The quantitative estimate of drug-likeness (QED) is 0.535. The van der Waals surface area contributed by atoms with Crippen molar-refractivity contribution >= 4 is 21.4 Å². The molecule has 5 rings (SSSR count). The van der Waals surface area contributed by atoms with Crippen LogP contribution >= 0.6 is 0 Å². The number of piperidine rings is 1. The lowest BCUT2D eigenvalue weighted by Crippen LogP contribution is -2.42. The maximum absolute atomic E-state index is 13.2. The first-order valence-electron chi connectivity index (χ1n) is 12.0. The lowest BCUT2D eigenvalue weighted by Gasteiger charge is -2.39. The number of nitrogens with one attached hydrogen (secondary N) is 1. The molecular formula is C28H31N3O4S. The SMILES string of the molecule is COc1cc2c(cc1OC)C1CN(C)CCC1N=C2c1ccccc1NS(=O)(=O)c1ccc(C)cc1. The minimum atomic E-state index is -3.78. The number of anilines is 1. The van der Waals surface area contributed by atoms with Crippen LogP contribution in [0.4, 0.5) is 5.69 Å². The minimum absolute atomic E-state index is 0.101. The largest absolute Gasteiger partial charge is 0.493 e. The van der Waals surface area contributed by atoms with Crippen molar-refractivity contribution in [3.8, 4) is 11.5 Å². The Morgan fingerprint density at radius 1 is 0.972 bits per heavy atom. The Labute approximate surface area is 212 Å². The molecule has 2 atom stereocenters. The summed E-state index contributed by atoms with van der Waals surface area (Å²) in [5.41, 5.74) is 5.07. The Kier molecular flexibility index (Phi) is 6.49. The predicted molar refractivity (Wildman–Crippen MR) is 142 cm³/mol. The molecule has 7 nitrogen and oxygen atoms in total. The molecule has 2 heterocycles. The van der Waals surface area contributed by atoms with Crippen molar-refractivity contribution in [2.75, 3.05) is 39.1 Å². The first-order valence-corrected chi connectivity index (χ1v) is 13.5. The highest BCUT2D eigenvalue weighted by Gasteiger charge is 2.37. The van der Waals surface area contributed by atoms with E-state index in [9.17, 15) is 8.42 Å². The second-order valence-corrected chi connectivity index (χ2v) is 11.1. The number of aliphatic imine (C=N–C) groups is 1. The fraction of sp³-hybridized carbons (Fsp3) is 0.321. The summed E-state index contributed by atoms with van der Waals surface area (Å²) in [6, 6.07) is 18.4. The molecule has 0 aliphatic carbocycles. The number of nitrogens with zero attached hydrogens (tertiary/aromatic N) is 2. The molecule has 0 amide bonds. The molecule has 0 bridgehead atoms. The maximum atomic E-state index is 13.2. The highest BCUT2D eigenvalue weighted by atomic mass is 32.2. The van der Waals surface area contributed by atoms with Crippen molar-refractivity contribution in [1.82, 2.24) is 4.90 Å². The molecule has 1 fully saturated rings. The van der Waals surface area contributed by atoms with Crippen LogP contribution in [-0.2, 0) is 10.0 Å². The number of hydrogen-bond acceptors (Lipinski definition) is 6. The smallest absolute Gasteiger partial charge is 0.261 e. The van der Waals surface area contributed by atoms with Crippen LogP contribution in [0.5, 0.6) is 11.5 Å². The molecule has 0 radical (unpaired) electrons. The monoisotopic (exact) mass is 505 g/mol. The molecule has 8 heteroatoms. The number of methoxy groups -OCH3 is 2. The third-order valence-corrected chi connectivity index (χ3v) is 8.42. The van der Waals surface area contributed by atoms with Crippen LogP contribution in [0, 0.1) is 6.92 Å². The van der Waals surface area contributed by atoms with Gasteiger partial charge in [0.1, 0.15) is 0 Å². The molecule has 3 aromatic rings. The summed E-state index contributed by atoms with van der Waals surface area (Å²) >= 11 is 0. The van der Waals surface area contributed by atoms with Crippen LogP contribution in [0.25, 0.3) is 0 Å². The van der Waals surface area contributed by atoms with Crippen molar-refractivity contribution in [3.63, 3.8) is 0 Å². The summed E-state index contributed by atoms with van der Waals surface area (Å²) in [4.78, 5) is 7.76. The lowest BCUT2D eigenvalue weighted by atomic mass is 9.78. The van der Waals surface area contributed by atoms with Crippen LogP contribution in [0.3, 0.4) is 0 Å². The Balaban J connectivity index is 1.63. The van der Waals surface area contributed by atoms with Gasteiger partial charge in [0.2, 0.25) is 0 Å². The molecule has 1 N–H and O–H groups in total.